The molecule has 0 aliphatic rings. The quantitative estimate of drug-likeness (QED) is 0.292. The molecule has 36 heavy (non-hydrogen) atoms. The summed E-state index contributed by atoms with van der Waals surface area (Å²) in [6.07, 6.45) is 1.39. The summed E-state index contributed by atoms with van der Waals surface area (Å²) in [5, 5.41) is 12.2. The first-order chi connectivity index (χ1) is 17.4. The first kappa shape index (κ1) is 25.0. The maximum Gasteiger partial charge on any atom is 0.335 e. The van der Waals surface area contributed by atoms with Crippen molar-refractivity contribution < 1.29 is 14.6 Å². The van der Waals surface area contributed by atoms with Gasteiger partial charge in [-0.15, -0.1) is 0 Å². The van der Waals surface area contributed by atoms with Crippen molar-refractivity contribution in [2.24, 2.45) is 4.99 Å². The topological polar surface area (TPSA) is 156 Å². The summed E-state index contributed by atoms with van der Waals surface area (Å²) >= 11 is 7.07. The number of carbonyl (C=O) groups excluding carboxylic acids is 1. The molecule has 2 aromatic heterocycles. The van der Waals surface area contributed by atoms with Gasteiger partial charge in [0.05, 0.1) is 18.8 Å². The lowest BCUT2D eigenvalue weighted by Gasteiger charge is -2.11. The highest BCUT2D eigenvalue weighted by Gasteiger charge is 2.13. The van der Waals surface area contributed by atoms with Crippen molar-refractivity contribution in [3.63, 3.8) is 0 Å². The van der Waals surface area contributed by atoms with Gasteiger partial charge in [0.1, 0.15) is 18.6 Å². The zero-order chi connectivity index (χ0) is 25.5. The molecule has 2 aromatic carbocycles. The smallest absolute Gasteiger partial charge is 0.335 e. The van der Waals surface area contributed by atoms with Gasteiger partial charge in [-0.2, -0.15) is 9.36 Å². The minimum absolute atomic E-state index is 0.00243. The Hall–Kier alpha value is -4.07. The van der Waals surface area contributed by atoms with Crippen LogP contribution in [0.1, 0.15) is 5.56 Å². The van der Waals surface area contributed by atoms with Crippen LogP contribution in [0.3, 0.4) is 0 Å². The van der Waals surface area contributed by atoms with Crippen LogP contribution in [-0.2, 0) is 17.9 Å². The lowest BCUT2D eigenvalue weighted by molar-refractivity contribution is -0.122. The van der Waals surface area contributed by atoms with Crippen LogP contribution in [0.2, 0.25) is 5.02 Å². The second-order valence-electron chi connectivity index (χ2n) is 7.32. The maximum absolute atomic E-state index is 13.3. The summed E-state index contributed by atoms with van der Waals surface area (Å²) in [4.78, 5) is 49.0. The third kappa shape index (κ3) is 6.33. The minimum atomic E-state index is -0.804. The van der Waals surface area contributed by atoms with Gasteiger partial charge >= 0.3 is 11.4 Å². The molecule has 3 N–H and O–H groups in total. The SMILES string of the molecule is O=C(Cn1c(=O)[nH]/c(=N\c2ccc(Oc3ncns3)cc2)n(Cc2ccc(Cl)cc2)c1=O)NCCO. The lowest BCUT2D eigenvalue weighted by Crippen LogP contribution is -2.51. The first-order valence-corrected chi connectivity index (χ1v) is 11.7. The third-order valence-electron chi connectivity index (χ3n) is 4.79. The average molecular weight is 530 g/mol. The highest BCUT2D eigenvalue weighted by molar-refractivity contribution is 7.07. The van der Waals surface area contributed by atoms with Crippen molar-refractivity contribution >= 4 is 34.7 Å². The van der Waals surface area contributed by atoms with Gasteiger partial charge in [0.25, 0.3) is 5.19 Å². The fourth-order valence-corrected chi connectivity index (χ4v) is 3.65. The lowest BCUT2D eigenvalue weighted by atomic mass is 10.2. The van der Waals surface area contributed by atoms with Crippen LogP contribution in [0.5, 0.6) is 10.9 Å². The van der Waals surface area contributed by atoms with Gasteiger partial charge in [-0.05, 0) is 42.0 Å². The van der Waals surface area contributed by atoms with E-state index in [1.165, 1.54) is 10.9 Å². The number of benzene rings is 2. The Morgan fingerprint density at radius 3 is 2.56 bits per heavy atom. The van der Waals surface area contributed by atoms with Crippen molar-refractivity contribution in [2.75, 3.05) is 13.2 Å². The average Bonchev–Trinajstić information content (AvgIpc) is 3.38. The zero-order valence-electron chi connectivity index (χ0n) is 18.6. The Morgan fingerprint density at radius 2 is 1.89 bits per heavy atom. The van der Waals surface area contributed by atoms with E-state index in [1.807, 2.05) is 0 Å². The van der Waals surface area contributed by atoms with Gasteiger partial charge in [0.15, 0.2) is 0 Å². The van der Waals surface area contributed by atoms with Crippen LogP contribution in [0.25, 0.3) is 0 Å². The van der Waals surface area contributed by atoms with Gasteiger partial charge < -0.3 is 15.2 Å². The van der Waals surface area contributed by atoms with E-state index < -0.39 is 23.8 Å². The van der Waals surface area contributed by atoms with Crippen LogP contribution in [0.15, 0.2) is 69.4 Å². The van der Waals surface area contributed by atoms with Crippen LogP contribution in [0, 0.1) is 0 Å². The molecule has 1 amide bonds. The molecule has 0 aliphatic carbocycles. The summed E-state index contributed by atoms with van der Waals surface area (Å²) in [5.74, 6) is -0.0806. The number of aromatic amines is 1. The zero-order valence-corrected chi connectivity index (χ0v) is 20.2. The number of carbonyl (C=O) groups is 1. The molecule has 0 atom stereocenters. The van der Waals surface area contributed by atoms with Crippen molar-refractivity contribution in [1.82, 2.24) is 28.8 Å². The second kappa shape index (κ2) is 11.6. The number of aliphatic hydroxyl groups is 1. The number of ether oxygens (including phenoxy) is 1. The van der Waals surface area contributed by atoms with Crippen LogP contribution < -0.4 is 27.1 Å². The number of aliphatic hydroxyl groups excluding tert-OH is 1. The number of halogens is 1. The predicted molar refractivity (Wildman–Crippen MR) is 132 cm³/mol. The second-order valence-corrected chi connectivity index (χ2v) is 8.50. The molecular formula is C22H20ClN7O5S. The molecule has 0 saturated carbocycles. The normalized spacial score (nSPS) is 11.4. The molecule has 186 valence electrons. The number of hydrogen-bond acceptors (Lipinski definition) is 9. The number of H-pyrrole nitrogens is 1. The van der Waals surface area contributed by atoms with E-state index >= 15 is 0 Å². The van der Waals surface area contributed by atoms with Crippen molar-refractivity contribution in [1.29, 1.82) is 0 Å². The van der Waals surface area contributed by atoms with Crippen molar-refractivity contribution in [3.8, 4) is 10.9 Å². The van der Waals surface area contributed by atoms with Gasteiger partial charge in [0, 0.05) is 23.1 Å². The molecule has 12 nitrogen and oxygen atoms in total. The molecule has 0 spiro atoms. The van der Waals surface area contributed by atoms with E-state index in [0.29, 0.717) is 21.7 Å². The number of hydrogen-bond donors (Lipinski definition) is 3. The Morgan fingerprint density at radius 1 is 1.14 bits per heavy atom. The first-order valence-electron chi connectivity index (χ1n) is 10.6. The number of aromatic nitrogens is 5. The highest BCUT2D eigenvalue weighted by Crippen LogP contribution is 2.24. The monoisotopic (exact) mass is 529 g/mol. The van der Waals surface area contributed by atoms with E-state index in [-0.39, 0.29) is 25.3 Å². The molecule has 4 rings (SSSR count). The Kier molecular flexibility index (Phi) is 8.05. The molecule has 0 radical (unpaired) electrons. The number of amides is 1. The third-order valence-corrected chi connectivity index (χ3v) is 5.59. The summed E-state index contributed by atoms with van der Waals surface area (Å²) in [6, 6.07) is 13.5. The van der Waals surface area contributed by atoms with Crippen LogP contribution in [0.4, 0.5) is 5.69 Å². The number of rotatable bonds is 9. The Bertz CT molecular complexity index is 1510. The molecule has 0 fully saturated rings. The largest absolute Gasteiger partial charge is 0.430 e. The van der Waals surface area contributed by atoms with Crippen LogP contribution in [-0.4, -0.2) is 47.6 Å². The number of nitrogens with zero attached hydrogens (tertiary/aromatic N) is 5. The highest BCUT2D eigenvalue weighted by atomic mass is 35.5. The van der Waals surface area contributed by atoms with Gasteiger partial charge in [-0.25, -0.2) is 19.1 Å². The fraction of sp³-hybridized carbons (Fsp3) is 0.182. The molecule has 0 saturated heterocycles. The van der Waals surface area contributed by atoms with E-state index in [9.17, 15) is 14.4 Å². The number of nitrogens with one attached hydrogen (secondary N) is 2. The standard InChI is InChI=1S/C22H20ClN7O5S/c23-15-3-1-14(2-4-15)11-29-19(28-20(33)30(22(29)34)12-18(32)24-9-10-31)27-16-5-7-17(8-6-16)35-21-25-13-26-36-21/h1-8,13,31H,9-12H2,(H,24,32)(H,27,28,33). The molecule has 14 heteroatoms. The van der Waals surface area contributed by atoms with Crippen molar-refractivity contribution in [2.45, 2.75) is 13.1 Å². The van der Waals surface area contributed by atoms with E-state index in [1.54, 1.807) is 48.5 Å². The summed E-state index contributed by atoms with van der Waals surface area (Å²) < 4.78 is 11.5. The molecule has 2 heterocycles. The van der Waals surface area contributed by atoms with E-state index in [2.05, 4.69) is 24.7 Å². The van der Waals surface area contributed by atoms with E-state index in [0.717, 1.165) is 21.7 Å². The Balaban J connectivity index is 1.72. The molecular weight excluding hydrogens is 510 g/mol. The molecule has 0 aliphatic heterocycles. The molecule has 0 unspecified atom stereocenters. The van der Waals surface area contributed by atoms with Crippen LogP contribution >= 0.6 is 23.1 Å². The Labute approximate surface area is 212 Å². The van der Waals surface area contributed by atoms with Crippen molar-refractivity contribution in [3.05, 3.63) is 92.0 Å². The minimum Gasteiger partial charge on any atom is -0.430 e. The maximum atomic E-state index is 13.3. The van der Waals surface area contributed by atoms with Gasteiger partial charge in [-0.1, -0.05) is 23.7 Å². The molecule has 0 bridgehead atoms. The fourth-order valence-electron chi connectivity index (χ4n) is 3.11. The van der Waals surface area contributed by atoms with Gasteiger partial charge in [0.2, 0.25) is 11.5 Å². The predicted octanol–water partition coefficient (Wildman–Crippen LogP) is 1.02. The molecule has 4 aromatic rings. The summed E-state index contributed by atoms with van der Waals surface area (Å²) in [7, 11) is 0. The van der Waals surface area contributed by atoms with Gasteiger partial charge in [-0.3, -0.25) is 14.3 Å². The summed E-state index contributed by atoms with van der Waals surface area (Å²) in [5.41, 5.74) is -0.380. The summed E-state index contributed by atoms with van der Waals surface area (Å²) in [6.45, 7) is -0.729. The van der Waals surface area contributed by atoms with E-state index in [4.69, 9.17) is 21.4 Å².